The van der Waals surface area contributed by atoms with Gasteiger partial charge in [0.25, 0.3) is 0 Å². The fourth-order valence-electron chi connectivity index (χ4n) is 3.36. The number of carbonyl (C=O) groups is 2. The highest BCUT2D eigenvalue weighted by Gasteiger charge is 2.41. The van der Waals surface area contributed by atoms with Crippen LogP contribution in [0, 0.1) is 5.92 Å². The molecule has 142 valence electrons. The Morgan fingerprint density at radius 1 is 1.04 bits per heavy atom. The first-order valence-corrected chi connectivity index (χ1v) is 9.12. The number of ether oxygens (including phenoxy) is 3. The van der Waals surface area contributed by atoms with Crippen molar-refractivity contribution in [3.05, 3.63) is 71.8 Å². The SMILES string of the molecule is CO[C@H]1[C@H](COCc2ccccc2)C(=O)CC[C@H]1OC(=O)c1ccccc1. The maximum Gasteiger partial charge on any atom is 0.338 e. The first kappa shape index (κ1) is 19.3. The predicted octanol–water partition coefficient (Wildman–Crippen LogP) is 3.42. The van der Waals surface area contributed by atoms with Gasteiger partial charge >= 0.3 is 5.97 Å². The number of hydrogen-bond donors (Lipinski definition) is 0. The molecule has 0 N–H and O–H groups in total. The molecule has 3 rings (SSSR count). The minimum absolute atomic E-state index is 0.0851. The summed E-state index contributed by atoms with van der Waals surface area (Å²) < 4.78 is 17.0. The van der Waals surface area contributed by atoms with Crippen LogP contribution in [-0.4, -0.2) is 37.7 Å². The van der Waals surface area contributed by atoms with Crippen LogP contribution in [0.3, 0.4) is 0 Å². The second-order valence-corrected chi connectivity index (χ2v) is 6.62. The Morgan fingerprint density at radius 2 is 1.70 bits per heavy atom. The van der Waals surface area contributed by atoms with Crippen molar-refractivity contribution in [3.63, 3.8) is 0 Å². The van der Waals surface area contributed by atoms with E-state index in [1.54, 1.807) is 24.3 Å². The van der Waals surface area contributed by atoms with Crippen LogP contribution in [0.5, 0.6) is 0 Å². The molecular formula is C22H24O5. The average molecular weight is 368 g/mol. The third kappa shape index (κ3) is 5.02. The topological polar surface area (TPSA) is 61.8 Å². The van der Waals surface area contributed by atoms with E-state index >= 15 is 0 Å². The van der Waals surface area contributed by atoms with Gasteiger partial charge in [-0.3, -0.25) is 4.79 Å². The van der Waals surface area contributed by atoms with Gasteiger partial charge in [0, 0.05) is 13.5 Å². The van der Waals surface area contributed by atoms with Crippen molar-refractivity contribution in [2.75, 3.05) is 13.7 Å². The standard InChI is InChI=1S/C22H24O5/c1-25-21-18(15-26-14-16-8-4-2-5-9-16)19(23)12-13-20(21)27-22(24)17-10-6-3-7-11-17/h2-11,18,20-21H,12-15H2,1H3/t18-,20-,21+/m1/s1. The van der Waals surface area contributed by atoms with Crippen molar-refractivity contribution in [3.8, 4) is 0 Å². The summed E-state index contributed by atoms with van der Waals surface area (Å²) >= 11 is 0. The van der Waals surface area contributed by atoms with Crippen LogP contribution in [0.15, 0.2) is 60.7 Å². The van der Waals surface area contributed by atoms with Crippen LogP contribution >= 0.6 is 0 Å². The van der Waals surface area contributed by atoms with E-state index in [2.05, 4.69) is 0 Å². The Bertz CT molecular complexity index is 744. The molecule has 1 aliphatic carbocycles. The highest BCUT2D eigenvalue weighted by Crippen LogP contribution is 2.28. The second kappa shape index (κ2) is 9.44. The highest BCUT2D eigenvalue weighted by atomic mass is 16.6. The molecular weight excluding hydrogens is 344 g/mol. The van der Waals surface area contributed by atoms with Gasteiger partial charge in [-0.1, -0.05) is 48.5 Å². The highest BCUT2D eigenvalue weighted by molar-refractivity contribution is 5.89. The van der Waals surface area contributed by atoms with Gasteiger partial charge in [0.15, 0.2) is 0 Å². The van der Waals surface area contributed by atoms with Crippen molar-refractivity contribution in [1.29, 1.82) is 0 Å². The van der Waals surface area contributed by atoms with Gasteiger partial charge in [-0.25, -0.2) is 4.79 Å². The van der Waals surface area contributed by atoms with E-state index in [1.807, 2.05) is 36.4 Å². The molecule has 1 aliphatic rings. The number of rotatable bonds is 7. The molecule has 5 nitrogen and oxygen atoms in total. The lowest BCUT2D eigenvalue weighted by Crippen LogP contribution is -2.48. The van der Waals surface area contributed by atoms with Crippen LogP contribution < -0.4 is 0 Å². The molecule has 0 heterocycles. The number of benzene rings is 2. The van der Waals surface area contributed by atoms with Gasteiger partial charge in [-0.15, -0.1) is 0 Å². The van der Waals surface area contributed by atoms with Crippen molar-refractivity contribution >= 4 is 11.8 Å². The van der Waals surface area contributed by atoms with E-state index in [1.165, 1.54) is 7.11 Å². The molecule has 1 saturated carbocycles. The number of Topliss-reactive ketones (excluding diaryl/α,β-unsaturated/α-hetero) is 1. The van der Waals surface area contributed by atoms with Crippen molar-refractivity contribution in [1.82, 2.24) is 0 Å². The number of esters is 1. The van der Waals surface area contributed by atoms with Crippen LogP contribution in [0.1, 0.15) is 28.8 Å². The van der Waals surface area contributed by atoms with E-state index in [9.17, 15) is 9.59 Å². The van der Waals surface area contributed by atoms with Crippen LogP contribution in [-0.2, 0) is 25.6 Å². The molecule has 0 radical (unpaired) electrons. The van der Waals surface area contributed by atoms with E-state index in [4.69, 9.17) is 14.2 Å². The van der Waals surface area contributed by atoms with Gasteiger partial charge in [0.1, 0.15) is 18.0 Å². The van der Waals surface area contributed by atoms with Gasteiger partial charge < -0.3 is 14.2 Å². The number of ketones is 1. The molecule has 0 saturated heterocycles. The fraction of sp³-hybridized carbons (Fsp3) is 0.364. The Balaban J connectivity index is 1.61. The minimum Gasteiger partial charge on any atom is -0.456 e. The van der Waals surface area contributed by atoms with Crippen LogP contribution in [0.2, 0.25) is 0 Å². The largest absolute Gasteiger partial charge is 0.456 e. The first-order chi connectivity index (χ1) is 13.2. The number of hydrogen-bond acceptors (Lipinski definition) is 5. The second-order valence-electron chi connectivity index (χ2n) is 6.62. The Morgan fingerprint density at radius 3 is 2.37 bits per heavy atom. The summed E-state index contributed by atoms with van der Waals surface area (Å²) in [4.78, 5) is 24.8. The van der Waals surface area contributed by atoms with E-state index < -0.39 is 24.1 Å². The van der Waals surface area contributed by atoms with E-state index in [-0.39, 0.29) is 12.4 Å². The van der Waals surface area contributed by atoms with Gasteiger partial charge in [0.2, 0.25) is 0 Å². The van der Waals surface area contributed by atoms with Crippen LogP contribution in [0.4, 0.5) is 0 Å². The Labute approximate surface area is 159 Å². The molecule has 27 heavy (non-hydrogen) atoms. The molecule has 3 atom stereocenters. The molecule has 0 unspecified atom stereocenters. The molecule has 0 bridgehead atoms. The van der Waals surface area contributed by atoms with Crippen molar-refractivity contribution < 1.29 is 23.8 Å². The van der Waals surface area contributed by atoms with Crippen molar-refractivity contribution in [2.24, 2.45) is 5.92 Å². The zero-order valence-corrected chi connectivity index (χ0v) is 15.4. The summed E-state index contributed by atoms with van der Waals surface area (Å²) in [5.41, 5.74) is 1.53. The third-order valence-electron chi connectivity index (χ3n) is 4.80. The lowest BCUT2D eigenvalue weighted by atomic mass is 9.83. The Hall–Kier alpha value is -2.50. The predicted molar refractivity (Wildman–Crippen MR) is 100 cm³/mol. The molecule has 0 aromatic heterocycles. The molecule has 0 spiro atoms. The molecule has 5 heteroatoms. The monoisotopic (exact) mass is 368 g/mol. The minimum atomic E-state index is -0.505. The maximum atomic E-state index is 12.4. The summed E-state index contributed by atoms with van der Waals surface area (Å²) in [5.74, 6) is -0.760. The van der Waals surface area contributed by atoms with Crippen LogP contribution in [0.25, 0.3) is 0 Å². The summed E-state index contributed by atoms with van der Waals surface area (Å²) in [6.45, 7) is 0.668. The quantitative estimate of drug-likeness (QED) is 0.701. The first-order valence-electron chi connectivity index (χ1n) is 9.12. The summed E-state index contributed by atoms with van der Waals surface area (Å²) in [6.07, 6.45) is -0.155. The van der Waals surface area contributed by atoms with E-state index in [0.29, 0.717) is 25.0 Å². The molecule has 1 fully saturated rings. The normalized spacial score (nSPS) is 22.4. The molecule has 0 amide bonds. The third-order valence-corrected chi connectivity index (χ3v) is 4.80. The van der Waals surface area contributed by atoms with Gasteiger partial charge in [0.05, 0.1) is 24.7 Å². The number of carbonyl (C=O) groups excluding carboxylic acids is 2. The van der Waals surface area contributed by atoms with Gasteiger partial charge in [-0.2, -0.15) is 0 Å². The average Bonchev–Trinajstić information content (AvgIpc) is 2.71. The lowest BCUT2D eigenvalue weighted by Gasteiger charge is -2.35. The van der Waals surface area contributed by atoms with E-state index in [0.717, 1.165) is 5.56 Å². The zero-order valence-electron chi connectivity index (χ0n) is 15.4. The Kier molecular flexibility index (Phi) is 6.74. The summed E-state index contributed by atoms with van der Waals surface area (Å²) in [6, 6.07) is 18.6. The smallest absolute Gasteiger partial charge is 0.338 e. The molecule has 0 aliphatic heterocycles. The van der Waals surface area contributed by atoms with Crippen molar-refractivity contribution in [2.45, 2.75) is 31.7 Å². The summed E-state index contributed by atoms with van der Waals surface area (Å²) in [7, 11) is 1.54. The number of methoxy groups -OCH3 is 1. The molecule has 2 aromatic rings. The zero-order chi connectivity index (χ0) is 19.1. The lowest BCUT2D eigenvalue weighted by molar-refractivity contribution is -0.146. The summed E-state index contributed by atoms with van der Waals surface area (Å²) in [5, 5.41) is 0. The fourth-order valence-corrected chi connectivity index (χ4v) is 3.36. The van der Waals surface area contributed by atoms with Gasteiger partial charge in [-0.05, 0) is 24.1 Å². The molecule has 2 aromatic carbocycles. The maximum absolute atomic E-state index is 12.4.